The first-order valence-electron chi connectivity index (χ1n) is 7.04. The lowest BCUT2D eigenvalue weighted by molar-refractivity contribution is 0.281. The van der Waals surface area contributed by atoms with Crippen molar-refractivity contribution in [3.8, 4) is 0 Å². The first-order valence-corrected chi connectivity index (χ1v) is 7.04. The van der Waals surface area contributed by atoms with Crippen molar-refractivity contribution in [1.29, 1.82) is 0 Å². The second-order valence-corrected chi connectivity index (χ2v) is 5.91. The molecule has 0 fully saturated rings. The number of hydrogen-bond donors (Lipinski definition) is 1. The van der Waals surface area contributed by atoms with Crippen molar-refractivity contribution in [3.05, 3.63) is 29.3 Å². The van der Waals surface area contributed by atoms with E-state index in [1.807, 2.05) is 6.07 Å². The molecule has 0 aliphatic carbocycles. The first kappa shape index (κ1) is 16.0. The minimum absolute atomic E-state index is 0.119. The van der Waals surface area contributed by atoms with Crippen LogP contribution in [-0.4, -0.2) is 43.7 Å². The van der Waals surface area contributed by atoms with Crippen molar-refractivity contribution >= 4 is 5.69 Å². The van der Waals surface area contributed by atoms with Gasteiger partial charge < -0.3 is 14.9 Å². The Labute approximate surface area is 117 Å². The fourth-order valence-electron chi connectivity index (χ4n) is 2.14. The van der Waals surface area contributed by atoms with E-state index in [9.17, 15) is 5.11 Å². The molecule has 0 aliphatic heterocycles. The molecule has 0 unspecified atom stereocenters. The van der Waals surface area contributed by atoms with Crippen molar-refractivity contribution < 1.29 is 5.11 Å². The van der Waals surface area contributed by atoms with Crippen LogP contribution in [-0.2, 0) is 6.61 Å². The van der Waals surface area contributed by atoms with Gasteiger partial charge in [0.25, 0.3) is 0 Å². The number of aryl methyl sites for hydroxylation is 1. The van der Waals surface area contributed by atoms with Gasteiger partial charge in [0.05, 0.1) is 6.61 Å². The number of rotatable bonds is 7. The lowest BCUT2D eigenvalue weighted by atomic mass is 10.1. The smallest absolute Gasteiger partial charge is 0.0684 e. The second-order valence-electron chi connectivity index (χ2n) is 5.91. The highest BCUT2D eigenvalue weighted by atomic mass is 16.3. The summed E-state index contributed by atoms with van der Waals surface area (Å²) in [5, 5.41) is 9.25. The van der Waals surface area contributed by atoms with Gasteiger partial charge in [-0.25, -0.2) is 0 Å². The Hall–Kier alpha value is -1.06. The zero-order valence-corrected chi connectivity index (χ0v) is 13.0. The first-order chi connectivity index (χ1) is 8.93. The molecular formula is C16H28N2O. The number of likely N-dealkylation sites (N-methyl/N-ethyl adjacent to an activating group) is 1. The van der Waals surface area contributed by atoms with Gasteiger partial charge in [-0.2, -0.15) is 0 Å². The predicted octanol–water partition coefficient (Wildman–Crippen LogP) is 2.51. The molecule has 0 heterocycles. The van der Waals surface area contributed by atoms with E-state index in [0.717, 1.165) is 25.2 Å². The summed E-state index contributed by atoms with van der Waals surface area (Å²) in [7, 11) is 4.21. The molecule has 1 rings (SSSR count). The summed E-state index contributed by atoms with van der Waals surface area (Å²) in [4.78, 5) is 4.64. The summed E-state index contributed by atoms with van der Waals surface area (Å²) >= 11 is 0. The predicted molar refractivity (Wildman–Crippen MR) is 82.7 cm³/mol. The van der Waals surface area contributed by atoms with Gasteiger partial charge in [-0.05, 0) is 50.2 Å². The van der Waals surface area contributed by atoms with Crippen LogP contribution in [0.25, 0.3) is 0 Å². The Morgan fingerprint density at radius 1 is 1.16 bits per heavy atom. The van der Waals surface area contributed by atoms with Crippen molar-refractivity contribution in [2.24, 2.45) is 5.92 Å². The second kappa shape index (κ2) is 7.51. The number of nitrogens with zero attached hydrogens (tertiary/aromatic N) is 2. The van der Waals surface area contributed by atoms with E-state index in [1.165, 1.54) is 11.3 Å². The number of aliphatic hydroxyl groups is 1. The molecule has 0 bridgehead atoms. The molecule has 0 atom stereocenters. The molecule has 0 aromatic heterocycles. The SMILES string of the molecule is Cc1cc(N(CCN(C)C)CC(C)C)ccc1CO. The van der Waals surface area contributed by atoms with E-state index in [2.05, 4.69) is 56.8 Å². The summed E-state index contributed by atoms with van der Waals surface area (Å²) in [6.07, 6.45) is 0. The highest BCUT2D eigenvalue weighted by Crippen LogP contribution is 2.20. The molecule has 0 saturated carbocycles. The molecule has 0 saturated heterocycles. The lowest BCUT2D eigenvalue weighted by Crippen LogP contribution is -2.34. The minimum Gasteiger partial charge on any atom is -0.392 e. The van der Waals surface area contributed by atoms with Crippen LogP contribution in [0.4, 0.5) is 5.69 Å². The maximum Gasteiger partial charge on any atom is 0.0684 e. The zero-order chi connectivity index (χ0) is 14.4. The van der Waals surface area contributed by atoms with Crippen LogP contribution in [0.5, 0.6) is 0 Å². The Morgan fingerprint density at radius 3 is 2.32 bits per heavy atom. The van der Waals surface area contributed by atoms with Gasteiger partial charge in [-0.15, -0.1) is 0 Å². The standard InChI is InChI=1S/C16H28N2O/c1-13(2)11-18(9-8-17(4)5)16-7-6-15(12-19)14(3)10-16/h6-7,10,13,19H,8-9,11-12H2,1-5H3. The maximum absolute atomic E-state index is 9.25. The van der Waals surface area contributed by atoms with Gasteiger partial charge in [-0.3, -0.25) is 0 Å². The van der Waals surface area contributed by atoms with E-state index in [0.29, 0.717) is 5.92 Å². The van der Waals surface area contributed by atoms with Gasteiger partial charge in [0.15, 0.2) is 0 Å². The molecule has 1 aromatic carbocycles. The number of hydrogen-bond acceptors (Lipinski definition) is 3. The summed E-state index contributed by atoms with van der Waals surface area (Å²) in [5.41, 5.74) is 3.43. The van der Waals surface area contributed by atoms with E-state index in [1.54, 1.807) is 0 Å². The van der Waals surface area contributed by atoms with Gasteiger partial charge in [0.2, 0.25) is 0 Å². The van der Waals surface area contributed by atoms with E-state index in [-0.39, 0.29) is 6.61 Å². The quantitative estimate of drug-likeness (QED) is 0.820. The normalized spacial score (nSPS) is 11.4. The highest BCUT2D eigenvalue weighted by Gasteiger charge is 2.10. The van der Waals surface area contributed by atoms with Crippen LogP contribution in [0.2, 0.25) is 0 Å². The topological polar surface area (TPSA) is 26.7 Å². The Kier molecular flexibility index (Phi) is 6.32. The van der Waals surface area contributed by atoms with E-state index in [4.69, 9.17) is 0 Å². The molecule has 0 aliphatic rings. The minimum atomic E-state index is 0.119. The van der Waals surface area contributed by atoms with Crippen LogP contribution in [0, 0.1) is 12.8 Å². The Bertz CT molecular complexity index is 388. The summed E-state index contributed by atoms with van der Waals surface area (Å²) in [6, 6.07) is 6.34. The molecule has 1 aromatic rings. The lowest BCUT2D eigenvalue weighted by Gasteiger charge is -2.28. The van der Waals surface area contributed by atoms with Crippen LogP contribution < -0.4 is 4.90 Å². The third-order valence-electron chi connectivity index (χ3n) is 3.26. The van der Waals surface area contributed by atoms with Crippen molar-refractivity contribution in [1.82, 2.24) is 4.90 Å². The van der Waals surface area contributed by atoms with Crippen LogP contribution in [0.1, 0.15) is 25.0 Å². The molecule has 1 N–H and O–H groups in total. The molecule has 19 heavy (non-hydrogen) atoms. The maximum atomic E-state index is 9.25. The summed E-state index contributed by atoms with van der Waals surface area (Å²) in [6.45, 7) is 9.82. The fourth-order valence-corrected chi connectivity index (χ4v) is 2.14. The Balaban J connectivity index is 2.86. The van der Waals surface area contributed by atoms with Gasteiger partial charge in [0, 0.05) is 25.3 Å². The monoisotopic (exact) mass is 264 g/mol. The molecule has 108 valence electrons. The van der Waals surface area contributed by atoms with Crippen LogP contribution in [0.15, 0.2) is 18.2 Å². The van der Waals surface area contributed by atoms with Crippen molar-refractivity contribution in [3.63, 3.8) is 0 Å². The number of aliphatic hydroxyl groups excluding tert-OH is 1. The zero-order valence-electron chi connectivity index (χ0n) is 13.0. The van der Waals surface area contributed by atoms with Gasteiger partial charge >= 0.3 is 0 Å². The largest absolute Gasteiger partial charge is 0.392 e. The molecule has 3 nitrogen and oxygen atoms in total. The summed E-state index contributed by atoms with van der Waals surface area (Å²) in [5.74, 6) is 0.639. The van der Waals surface area contributed by atoms with Crippen molar-refractivity contribution in [2.45, 2.75) is 27.4 Å². The third-order valence-corrected chi connectivity index (χ3v) is 3.26. The average Bonchev–Trinajstić information content (AvgIpc) is 2.33. The van der Waals surface area contributed by atoms with E-state index < -0.39 is 0 Å². The average molecular weight is 264 g/mol. The number of anilines is 1. The third kappa shape index (κ3) is 5.21. The van der Waals surface area contributed by atoms with Crippen LogP contribution in [0.3, 0.4) is 0 Å². The molecule has 0 amide bonds. The fraction of sp³-hybridized carbons (Fsp3) is 0.625. The van der Waals surface area contributed by atoms with Gasteiger partial charge in [-0.1, -0.05) is 19.9 Å². The van der Waals surface area contributed by atoms with Crippen molar-refractivity contribution in [2.75, 3.05) is 38.6 Å². The van der Waals surface area contributed by atoms with Crippen LogP contribution >= 0.6 is 0 Å². The molecular weight excluding hydrogens is 236 g/mol. The molecule has 0 radical (unpaired) electrons. The highest BCUT2D eigenvalue weighted by molar-refractivity contribution is 5.50. The Morgan fingerprint density at radius 2 is 1.84 bits per heavy atom. The molecule has 3 heteroatoms. The molecule has 0 spiro atoms. The van der Waals surface area contributed by atoms with Gasteiger partial charge in [0.1, 0.15) is 0 Å². The van der Waals surface area contributed by atoms with E-state index >= 15 is 0 Å². The number of benzene rings is 1. The summed E-state index contributed by atoms with van der Waals surface area (Å²) < 4.78 is 0.